The molecule has 0 heterocycles. The average molecular weight is 247 g/mol. The monoisotopic (exact) mass is 247 g/mol. The van der Waals surface area contributed by atoms with Gasteiger partial charge >= 0.3 is 0 Å². The van der Waals surface area contributed by atoms with Crippen molar-refractivity contribution in [2.75, 3.05) is 5.32 Å². The van der Waals surface area contributed by atoms with Gasteiger partial charge in [-0.2, -0.15) is 0 Å². The molecular formula is C15H21NO2. The molecule has 0 saturated carbocycles. The largest absolute Gasteiger partial charge is 0.326 e. The van der Waals surface area contributed by atoms with Crippen LogP contribution in [0.1, 0.15) is 55.8 Å². The highest BCUT2D eigenvalue weighted by Crippen LogP contribution is 2.11. The fourth-order valence-electron chi connectivity index (χ4n) is 1.80. The van der Waals surface area contributed by atoms with Crippen molar-refractivity contribution in [3.8, 4) is 0 Å². The van der Waals surface area contributed by atoms with Gasteiger partial charge < -0.3 is 5.32 Å². The number of anilines is 1. The second-order valence-electron chi connectivity index (χ2n) is 4.46. The molecule has 0 radical (unpaired) electrons. The van der Waals surface area contributed by atoms with E-state index in [9.17, 15) is 9.59 Å². The lowest BCUT2D eigenvalue weighted by molar-refractivity contribution is -0.116. The SMILES string of the molecule is CCCCCCCC(=O)Nc1cccc(C=O)c1. The minimum Gasteiger partial charge on any atom is -0.326 e. The normalized spacial score (nSPS) is 10.1. The molecule has 0 atom stereocenters. The molecule has 0 aliphatic carbocycles. The first-order valence-electron chi connectivity index (χ1n) is 6.61. The zero-order valence-electron chi connectivity index (χ0n) is 10.9. The minimum atomic E-state index is 0.0227. The summed E-state index contributed by atoms with van der Waals surface area (Å²) in [4.78, 5) is 22.2. The van der Waals surface area contributed by atoms with Crippen LogP contribution >= 0.6 is 0 Å². The summed E-state index contributed by atoms with van der Waals surface area (Å²) >= 11 is 0. The van der Waals surface area contributed by atoms with E-state index < -0.39 is 0 Å². The van der Waals surface area contributed by atoms with Crippen molar-refractivity contribution in [1.29, 1.82) is 0 Å². The fourth-order valence-corrected chi connectivity index (χ4v) is 1.80. The lowest BCUT2D eigenvalue weighted by Gasteiger charge is -2.05. The van der Waals surface area contributed by atoms with Crippen molar-refractivity contribution >= 4 is 17.9 Å². The molecule has 1 aromatic rings. The molecule has 0 spiro atoms. The third kappa shape index (κ3) is 5.62. The van der Waals surface area contributed by atoms with Gasteiger partial charge in [0.1, 0.15) is 6.29 Å². The van der Waals surface area contributed by atoms with Gasteiger partial charge in [0.05, 0.1) is 0 Å². The number of benzene rings is 1. The van der Waals surface area contributed by atoms with E-state index in [0.717, 1.165) is 19.1 Å². The van der Waals surface area contributed by atoms with E-state index in [0.29, 0.717) is 17.7 Å². The standard InChI is InChI=1S/C15H21NO2/c1-2-3-4-5-6-10-15(18)16-14-9-7-8-13(11-14)12-17/h7-9,11-12H,2-6,10H2,1H3,(H,16,18). The van der Waals surface area contributed by atoms with E-state index in [1.54, 1.807) is 24.3 Å². The Morgan fingerprint density at radius 1 is 1.22 bits per heavy atom. The van der Waals surface area contributed by atoms with Crippen molar-refractivity contribution in [2.45, 2.75) is 45.4 Å². The lowest BCUT2D eigenvalue weighted by Crippen LogP contribution is -2.11. The summed E-state index contributed by atoms with van der Waals surface area (Å²) in [5.74, 6) is 0.0227. The molecule has 0 aliphatic heterocycles. The Kier molecular flexibility index (Phi) is 6.77. The number of carbonyl (C=O) groups is 2. The zero-order valence-corrected chi connectivity index (χ0v) is 10.9. The van der Waals surface area contributed by atoms with Gasteiger partial charge in [-0.05, 0) is 18.6 Å². The first-order chi connectivity index (χ1) is 8.76. The Bertz CT molecular complexity index is 388. The molecule has 0 unspecified atom stereocenters. The summed E-state index contributed by atoms with van der Waals surface area (Å²) in [6.45, 7) is 2.17. The van der Waals surface area contributed by atoms with Crippen LogP contribution in [0.5, 0.6) is 0 Å². The number of nitrogens with one attached hydrogen (secondary N) is 1. The first-order valence-corrected chi connectivity index (χ1v) is 6.61. The minimum absolute atomic E-state index is 0.0227. The van der Waals surface area contributed by atoms with Crippen LogP contribution in [0, 0.1) is 0 Å². The summed E-state index contributed by atoms with van der Waals surface area (Å²) in [7, 11) is 0. The maximum absolute atomic E-state index is 11.6. The molecule has 0 aromatic heterocycles. The second kappa shape index (κ2) is 8.45. The Morgan fingerprint density at radius 2 is 2.00 bits per heavy atom. The average Bonchev–Trinajstić information content (AvgIpc) is 2.38. The molecule has 3 heteroatoms. The maximum Gasteiger partial charge on any atom is 0.224 e. The van der Waals surface area contributed by atoms with Crippen LogP contribution in [0.25, 0.3) is 0 Å². The van der Waals surface area contributed by atoms with E-state index in [2.05, 4.69) is 12.2 Å². The fraction of sp³-hybridized carbons (Fsp3) is 0.467. The predicted octanol–water partition coefficient (Wildman–Crippen LogP) is 3.80. The number of carbonyl (C=O) groups excluding carboxylic acids is 2. The van der Waals surface area contributed by atoms with Crippen LogP contribution < -0.4 is 5.32 Å². The van der Waals surface area contributed by atoms with Gasteiger partial charge in [-0.3, -0.25) is 9.59 Å². The van der Waals surface area contributed by atoms with E-state index in [-0.39, 0.29) is 5.91 Å². The molecule has 1 N–H and O–H groups in total. The number of rotatable bonds is 8. The summed E-state index contributed by atoms with van der Waals surface area (Å²) in [5, 5.41) is 2.81. The predicted molar refractivity (Wildman–Crippen MR) is 73.8 cm³/mol. The van der Waals surface area contributed by atoms with Gasteiger partial charge in [0, 0.05) is 17.7 Å². The summed E-state index contributed by atoms with van der Waals surface area (Å²) in [6.07, 6.45) is 7.02. The van der Waals surface area contributed by atoms with E-state index in [1.807, 2.05) is 0 Å². The quantitative estimate of drug-likeness (QED) is 0.561. The van der Waals surface area contributed by atoms with Crippen LogP contribution in [0.3, 0.4) is 0 Å². The summed E-state index contributed by atoms with van der Waals surface area (Å²) in [6, 6.07) is 6.96. The molecule has 0 fully saturated rings. The molecule has 18 heavy (non-hydrogen) atoms. The highest BCUT2D eigenvalue weighted by atomic mass is 16.1. The molecule has 98 valence electrons. The molecule has 0 saturated heterocycles. The molecule has 3 nitrogen and oxygen atoms in total. The van der Waals surface area contributed by atoms with Crippen LogP contribution in [0.15, 0.2) is 24.3 Å². The molecule has 1 rings (SSSR count). The molecule has 1 amide bonds. The second-order valence-corrected chi connectivity index (χ2v) is 4.46. The highest BCUT2D eigenvalue weighted by Gasteiger charge is 2.02. The Balaban J connectivity index is 2.28. The van der Waals surface area contributed by atoms with Gasteiger partial charge in [-0.1, -0.05) is 44.7 Å². The molecule has 1 aromatic carbocycles. The van der Waals surface area contributed by atoms with Crippen molar-refractivity contribution in [3.63, 3.8) is 0 Å². The smallest absolute Gasteiger partial charge is 0.224 e. The van der Waals surface area contributed by atoms with Crippen LogP contribution in [-0.4, -0.2) is 12.2 Å². The van der Waals surface area contributed by atoms with Crippen molar-refractivity contribution < 1.29 is 9.59 Å². The highest BCUT2D eigenvalue weighted by molar-refractivity contribution is 5.91. The van der Waals surface area contributed by atoms with Gasteiger partial charge in [0.15, 0.2) is 0 Å². The van der Waals surface area contributed by atoms with Gasteiger partial charge in [-0.15, -0.1) is 0 Å². The third-order valence-corrected chi connectivity index (χ3v) is 2.81. The first kappa shape index (κ1) is 14.4. The molecule has 0 bridgehead atoms. The topological polar surface area (TPSA) is 46.2 Å². The van der Waals surface area contributed by atoms with Gasteiger partial charge in [0.2, 0.25) is 5.91 Å². The van der Waals surface area contributed by atoms with Crippen LogP contribution in [0.4, 0.5) is 5.69 Å². The van der Waals surface area contributed by atoms with Crippen LogP contribution in [0.2, 0.25) is 0 Å². The molecule has 0 aliphatic rings. The maximum atomic E-state index is 11.6. The van der Waals surface area contributed by atoms with Crippen LogP contribution in [-0.2, 0) is 4.79 Å². The van der Waals surface area contributed by atoms with Gasteiger partial charge in [0.25, 0.3) is 0 Å². The van der Waals surface area contributed by atoms with Crippen molar-refractivity contribution in [2.24, 2.45) is 0 Å². The number of aldehydes is 1. The number of amides is 1. The van der Waals surface area contributed by atoms with E-state index in [4.69, 9.17) is 0 Å². The zero-order chi connectivity index (χ0) is 13.2. The van der Waals surface area contributed by atoms with E-state index >= 15 is 0 Å². The summed E-state index contributed by atoms with van der Waals surface area (Å²) in [5.41, 5.74) is 1.27. The number of hydrogen-bond donors (Lipinski definition) is 1. The number of hydrogen-bond acceptors (Lipinski definition) is 2. The summed E-state index contributed by atoms with van der Waals surface area (Å²) < 4.78 is 0. The number of unbranched alkanes of at least 4 members (excludes halogenated alkanes) is 4. The van der Waals surface area contributed by atoms with E-state index in [1.165, 1.54) is 19.3 Å². The molecular weight excluding hydrogens is 226 g/mol. The Morgan fingerprint density at radius 3 is 2.72 bits per heavy atom. The Hall–Kier alpha value is -1.64. The lowest BCUT2D eigenvalue weighted by atomic mass is 10.1. The van der Waals surface area contributed by atoms with Crippen molar-refractivity contribution in [1.82, 2.24) is 0 Å². The van der Waals surface area contributed by atoms with Crippen molar-refractivity contribution in [3.05, 3.63) is 29.8 Å². The Labute approximate surface area is 109 Å². The van der Waals surface area contributed by atoms with Gasteiger partial charge in [-0.25, -0.2) is 0 Å². The third-order valence-electron chi connectivity index (χ3n) is 2.81.